The van der Waals surface area contributed by atoms with Gasteiger partial charge >= 0.3 is 0 Å². The number of hydrogen-bond acceptors (Lipinski definition) is 2. The first kappa shape index (κ1) is 16.0. The number of aromatic nitrogens is 1. The Morgan fingerprint density at radius 2 is 1.42 bits per heavy atom. The van der Waals surface area contributed by atoms with Crippen LogP contribution in [0.3, 0.4) is 0 Å². The molecule has 0 bridgehead atoms. The Morgan fingerprint density at radius 3 is 2.08 bits per heavy atom. The number of benzene rings is 2. The predicted molar refractivity (Wildman–Crippen MR) is 103 cm³/mol. The number of carbonyl (C=O) groups is 2. The fourth-order valence-electron chi connectivity index (χ4n) is 3.18. The summed E-state index contributed by atoms with van der Waals surface area (Å²) in [6.07, 6.45) is 1.80. The Hall–Kier alpha value is -3.46. The molecule has 0 fully saturated rings. The molecule has 2 aromatic heterocycles. The van der Waals surface area contributed by atoms with Gasteiger partial charge in [0, 0.05) is 22.9 Å². The van der Waals surface area contributed by atoms with Gasteiger partial charge in [-0.1, -0.05) is 60.7 Å². The van der Waals surface area contributed by atoms with Crippen molar-refractivity contribution in [3.63, 3.8) is 0 Å². The minimum Gasteiger partial charge on any atom is -0.313 e. The molecule has 3 heteroatoms. The molecule has 4 aromatic rings. The fraction of sp³-hybridized carbons (Fsp3) is 0.0435. The summed E-state index contributed by atoms with van der Waals surface area (Å²) in [6, 6.07) is 24.6. The van der Waals surface area contributed by atoms with Crippen molar-refractivity contribution < 1.29 is 9.59 Å². The molecule has 0 saturated heterocycles. The zero-order chi connectivity index (χ0) is 18.1. The highest BCUT2D eigenvalue weighted by molar-refractivity contribution is 6.10. The molecule has 4 rings (SSSR count). The van der Waals surface area contributed by atoms with E-state index in [9.17, 15) is 9.59 Å². The second-order valence-electron chi connectivity index (χ2n) is 6.23. The first-order valence-electron chi connectivity index (χ1n) is 8.46. The Kier molecular flexibility index (Phi) is 3.98. The Morgan fingerprint density at radius 1 is 0.769 bits per heavy atom. The molecule has 126 valence electrons. The van der Waals surface area contributed by atoms with Gasteiger partial charge in [0.05, 0.1) is 11.2 Å². The van der Waals surface area contributed by atoms with E-state index in [0.29, 0.717) is 16.8 Å². The molecule has 0 amide bonds. The van der Waals surface area contributed by atoms with Crippen LogP contribution in [0.5, 0.6) is 0 Å². The number of fused-ring (bicyclic) bond motifs is 1. The number of Topliss-reactive ketones (excluding diaryl/α,β-unsaturated/α-hetero) is 1. The van der Waals surface area contributed by atoms with E-state index in [-0.39, 0.29) is 11.6 Å². The van der Waals surface area contributed by atoms with Gasteiger partial charge in [0.25, 0.3) is 0 Å². The lowest BCUT2D eigenvalue weighted by Crippen LogP contribution is -2.05. The second kappa shape index (κ2) is 6.45. The Balaban J connectivity index is 1.97. The third kappa shape index (κ3) is 2.74. The van der Waals surface area contributed by atoms with Crippen molar-refractivity contribution in [1.29, 1.82) is 0 Å². The van der Waals surface area contributed by atoms with E-state index in [2.05, 4.69) is 0 Å². The fourth-order valence-corrected chi connectivity index (χ4v) is 3.18. The standard InChI is InChI=1S/C23H17NO2/c1-16(25)19-12-13-24-21(14-19)20(17-8-4-2-5-9-17)15-22(24)23(26)18-10-6-3-7-11-18/h2-15H,1H3. The number of carbonyl (C=O) groups excluding carboxylic acids is 2. The summed E-state index contributed by atoms with van der Waals surface area (Å²) in [5.74, 6) is -0.0398. The van der Waals surface area contributed by atoms with Gasteiger partial charge in [-0.05, 0) is 30.7 Å². The molecular weight excluding hydrogens is 322 g/mol. The summed E-state index contributed by atoms with van der Waals surface area (Å²) >= 11 is 0. The van der Waals surface area contributed by atoms with Crippen LogP contribution in [0.25, 0.3) is 16.6 Å². The van der Waals surface area contributed by atoms with Crippen LogP contribution in [0.4, 0.5) is 0 Å². The van der Waals surface area contributed by atoms with Crippen molar-refractivity contribution in [3.8, 4) is 11.1 Å². The van der Waals surface area contributed by atoms with Crippen molar-refractivity contribution in [2.24, 2.45) is 0 Å². The summed E-state index contributed by atoms with van der Waals surface area (Å²) in [7, 11) is 0. The third-order valence-electron chi connectivity index (χ3n) is 4.53. The third-order valence-corrected chi connectivity index (χ3v) is 4.53. The van der Waals surface area contributed by atoms with Gasteiger partial charge in [0.15, 0.2) is 5.78 Å². The number of ketones is 2. The molecule has 3 nitrogen and oxygen atoms in total. The maximum absolute atomic E-state index is 13.0. The lowest BCUT2D eigenvalue weighted by molar-refractivity contribution is 0.101. The molecule has 0 N–H and O–H groups in total. The highest BCUT2D eigenvalue weighted by atomic mass is 16.1. The molecule has 2 aromatic carbocycles. The lowest BCUT2D eigenvalue weighted by Gasteiger charge is -2.05. The van der Waals surface area contributed by atoms with Gasteiger partial charge < -0.3 is 4.40 Å². The number of hydrogen-bond donors (Lipinski definition) is 0. The van der Waals surface area contributed by atoms with E-state index < -0.39 is 0 Å². The normalized spacial score (nSPS) is 10.8. The molecule has 0 unspecified atom stereocenters. The number of pyridine rings is 1. The van der Waals surface area contributed by atoms with E-state index in [4.69, 9.17) is 0 Å². The van der Waals surface area contributed by atoms with E-state index in [1.807, 2.05) is 77.2 Å². The van der Waals surface area contributed by atoms with Crippen molar-refractivity contribution in [3.05, 3.63) is 102 Å². The van der Waals surface area contributed by atoms with Crippen LogP contribution < -0.4 is 0 Å². The van der Waals surface area contributed by atoms with Crippen molar-refractivity contribution in [1.82, 2.24) is 4.40 Å². The summed E-state index contributed by atoms with van der Waals surface area (Å²) in [5.41, 5.74) is 4.66. The van der Waals surface area contributed by atoms with E-state index in [1.165, 1.54) is 0 Å². The lowest BCUT2D eigenvalue weighted by atomic mass is 10.0. The molecule has 26 heavy (non-hydrogen) atoms. The van der Waals surface area contributed by atoms with Crippen molar-refractivity contribution in [2.75, 3.05) is 0 Å². The molecule has 0 aliphatic heterocycles. The zero-order valence-electron chi connectivity index (χ0n) is 14.3. The molecular formula is C23H17NO2. The van der Waals surface area contributed by atoms with Crippen LogP contribution in [0.15, 0.2) is 85.1 Å². The molecule has 0 atom stereocenters. The molecule has 0 spiro atoms. The number of rotatable bonds is 4. The summed E-state index contributed by atoms with van der Waals surface area (Å²) < 4.78 is 1.87. The van der Waals surface area contributed by atoms with E-state index >= 15 is 0 Å². The topological polar surface area (TPSA) is 38.5 Å². The monoisotopic (exact) mass is 339 g/mol. The molecule has 0 aliphatic rings. The van der Waals surface area contributed by atoms with Crippen LogP contribution in [-0.2, 0) is 0 Å². The van der Waals surface area contributed by atoms with Crippen LogP contribution in [0.2, 0.25) is 0 Å². The van der Waals surface area contributed by atoms with Crippen LogP contribution >= 0.6 is 0 Å². The average Bonchev–Trinajstić information content (AvgIpc) is 3.07. The van der Waals surface area contributed by atoms with Crippen LogP contribution in [0, 0.1) is 0 Å². The first-order chi connectivity index (χ1) is 12.6. The number of nitrogens with zero attached hydrogens (tertiary/aromatic N) is 1. The maximum Gasteiger partial charge on any atom is 0.209 e. The van der Waals surface area contributed by atoms with Gasteiger partial charge in [0.2, 0.25) is 5.78 Å². The van der Waals surface area contributed by atoms with E-state index in [0.717, 1.165) is 16.6 Å². The minimum absolute atomic E-state index is 0.00338. The minimum atomic E-state index is -0.0432. The summed E-state index contributed by atoms with van der Waals surface area (Å²) in [4.78, 5) is 24.9. The molecule has 0 aliphatic carbocycles. The first-order valence-corrected chi connectivity index (χ1v) is 8.46. The average molecular weight is 339 g/mol. The molecule has 0 radical (unpaired) electrons. The zero-order valence-corrected chi connectivity index (χ0v) is 14.3. The van der Waals surface area contributed by atoms with E-state index in [1.54, 1.807) is 19.2 Å². The quantitative estimate of drug-likeness (QED) is 0.489. The van der Waals surface area contributed by atoms with Gasteiger partial charge in [0.1, 0.15) is 0 Å². The second-order valence-corrected chi connectivity index (χ2v) is 6.23. The highest BCUT2D eigenvalue weighted by Gasteiger charge is 2.18. The molecule has 0 saturated carbocycles. The highest BCUT2D eigenvalue weighted by Crippen LogP contribution is 2.30. The smallest absolute Gasteiger partial charge is 0.209 e. The summed E-state index contributed by atoms with van der Waals surface area (Å²) in [5, 5.41) is 0. The summed E-state index contributed by atoms with van der Waals surface area (Å²) in [6.45, 7) is 1.55. The van der Waals surface area contributed by atoms with Gasteiger partial charge in [-0.3, -0.25) is 9.59 Å². The van der Waals surface area contributed by atoms with Gasteiger partial charge in [-0.2, -0.15) is 0 Å². The van der Waals surface area contributed by atoms with Crippen molar-refractivity contribution in [2.45, 2.75) is 6.92 Å². The van der Waals surface area contributed by atoms with Gasteiger partial charge in [-0.15, -0.1) is 0 Å². The van der Waals surface area contributed by atoms with Crippen LogP contribution in [0.1, 0.15) is 33.3 Å². The Labute approximate surface area is 151 Å². The largest absolute Gasteiger partial charge is 0.313 e. The maximum atomic E-state index is 13.0. The Bertz CT molecular complexity index is 1110. The van der Waals surface area contributed by atoms with Crippen molar-refractivity contribution >= 4 is 17.1 Å². The van der Waals surface area contributed by atoms with Crippen LogP contribution in [-0.4, -0.2) is 16.0 Å². The molecule has 2 heterocycles. The SMILES string of the molecule is CC(=O)c1ccn2c(C(=O)c3ccccc3)cc(-c3ccccc3)c2c1. The van der Waals surface area contributed by atoms with Gasteiger partial charge in [-0.25, -0.2) is 0 Å². The predicted octanol–water partition coefficient (Wildman–Crippen LogP) is 5.04.